The van der Waals surface area contributed by atoms with Crippen molar-refractivity contribution in [2.75, 3.05) is 11.4 Å². The van der Waals surface area contributed by atoms with Crippen molar-refractivity contribution in [3.8, 4) is 0 Å². The van der Waals surface area contributed by atoms with Crippen LogP contribution in [-0.2, 0) is 11.2 Å². The first-order chi connectivity index (χ1) is 12.5. The molecule has 2 aromatic heterocycles. The number of hydrogen-bond acceptors (Lipinski definition) is 5. The van der Waals surface area contributed by atoms with Crippen LogP contribution in [-0.4, -0.2) is 37.3 Å². The van der Waals surface area contributed by atoms with Crippen LogP contribution in [0.15, 0.2) is 35.2 Å². The number of amides is 1. The third-order valence-electron chi connectivity index (χ3n) is 4.52. The molecule has 0 fully saturated rings. The van der Waals surface area contributed by atoms with Gasteiger partial charge in [0.15, 0.2) is 5.82 Å². The topological polar surface area (TPSA) is 63.4 Å². The van der Waals surface area contributed by atoms with Crippen molar-refractivity contribution in [2.24, 2.45) is 0 Å². The molecule has 0 N–H and O–H groups in total. The number of anilines is 1. The number of carbonyl (C=O) groups is 1. The van der Waals surface area contributed by atoms with Gasteiger partial charge < -0.3 is 4.90 Å². The molecule has 0 unspecified atom stereocenters. The van der Waals surface area contributed by atoms with E-state index in [-0.39, 0.29) is 12.3 Å². The van der Waals surface area contributed by atoms with Crippen molar-refractivity contribution in [1.82, 2.24) is 19.6 Å². The van der Waals surface area contributed by atoms with Crippen molar-refractivity contribution in [3.63, 3.8) is 0 Å². The predicted octanol–water partition coefficient (Wildman–Crippen LogP) is 3.20. The second kappa shape index (κ2) is 6.72. The van der Waals surface area contributed by atoms with Crippen molar-refractivity contribution in [1.29, 1.82) is 0 Å². The first kappa shape index (κ1) is 17.0. The van der Waals surface area contributed by atoms with Gasteiger partial charge >= 0.3 is 0 Å². The third-order valence-corrected chi connectivity index (χ3v) is 5.75. The minimum atomic E-state index is 0.0254. The van der Waals surface area contributed by atoms with Crippen LogP contribution in [0.3, 0.4) is 0 Å². The molecule has 0 spiro atoms. The molecular formula is C19H21N5OS. The first-order valence-corrected chi connectivity index (χ1v) is 9.65. The summed E-state index contributed by atoms with van der Waals surface area (Å²) in [6.07, 6.45) is 1.14. The number of fused-ring (bicyclic) bond motifs is 2. The Kier molecular flexibility index (Phi) is 4.40. The molecule has 3 aromatic rings. The van der Waals surface area contributed by atoms with Gasteiger partial charge in [0, 0.05) is 28.1 Å². The molecule has 134 valence electrons. The van der Waals surface area contributed by atoms with Crippen molar-refractivity contribution < 1.29 is 4.79 Å². The minimum absolute atomic E-state index is 0.0254. The van der Waals surface area contributed by atoms with Gasteiger partial charge in [0.1, 0.15) is 0 Å². The standard InChI is InChI=1S/C19H21N5OS/c1-12-10-13(2)24-19(20-12)21-17(22-24)11-18(25)23-9-8-14(3)26-16-7-5-4-6-15(16)23/h4-7,10,14H,8-9,11H2,1-3H3/t14-/m1/s1. The fraction of sp³-hybridized carbons (Fsp3) is 0.368. The summed E-state index contributed by atoms with van der Waals surface area (Å²) in [6.45, 7) is 6.81. The van der Waals surface area contributed by atoms with E-state index in [2.05, 4.69) is 28.1 Å². The zero-order valence-electron chi connectivity index (χ0n) is 15.1. The minimum Gasteiger partial charge on any atom is -0.311 e. The Bertz CT molecular complexity index is 983. The van der Waals surface area contributed by atoms with E-state index in [9.17, 15) is 4.79 Å². The van der Waals surface area contributed by atoms with Crippen LogP contribution in [0.1, 0.15) is 30.6 Å². The predicted molar refractivity (Wildman–Crippen MR) is 103 cm³/mol. The van der Waals surface area contributed by atoms with E-state index in [1.54, 1.807) is 4.52 Å². The molecule has 3 heterocycles. The SMILES string of the molecule is Cc1cc(C)n2nc(CC(=O)N3CC[C@@H](C)Sc4ccccc43)nc2n1. The van der Waals surface area contributed by atoms with Crippen LogP contribution in [0, 0.1) is 13.8 Å². The van der Waals surface area contributed by atoms with Gasteiger partial charge in [-0.05, 0) is 38.5 Å². The maximum Gasteiger partial charge on any atom is 0.252 e. The third kappa shape index (κ3) is 3.19. The fourth-order valence-corrected chi connectivity index (χ4v) is 4.37. The zero-order chi connectivity index (χ0) is 18.3. The van der Waals surface area contributed by atoms with Gasteiger partial charge in [-0.1, -0.05) is 19.1 Å². The number of rotatable bonds is 2. The Labute approximate surface area is 156 Å². The Hall–Kier alpha value is -2.41. The average molecular weight is 367 g/mol. The lowest BCUT2D eigenvalue weighted by Gasteiger charge is -2.21. The van der Waals surface area contributed by atoms with Crippen LogP contribution < -0.4 is 4.90 Å². The molecule has 0 aliphatic carbocycles. The summed E-state index contributed by atoms with van der Waals surface area (Å²) in [5, 5.41) is 4.96. The van der Waals surface area contributed by atoms with Gasteiger partial charge in [0.05, 0.1) is 12.1 Å². The highest BCUT2D eigenvalue weighted by atomic mass is 32.2. The zero-order valence-corrected chi connectivity index (χ0v) is 16.0. The highest BCUT2D eigenvalue weighted by Gasteiger charge is 2.25. The lowest BCUT2D eigenvalue weighted by Crippen LogP contribution is -2.33. The maximum atomic E-state index is 13.0. The fourth-order valence-electron chi connectivity index (χ4n) is 3.26. The lowest BCUT2D eigenvalue weighted by molar-refractivity contribution is -0.118. The van der Waals surface area contributed by atoms with E-state index in [0.29, 0.717) is 23.4 Å². The first-order valence-electron chi connectivity index (χ1n) is 8.77. The monoisotopic (exact) mass is 367 g/mol. The summed E-state index contributed by atoms with van der Waals surface area (Å²) in [5.41, 5.74) is 2.84. The van der Waals surface area contributed by atoms with E-state index < -0.39 is 0 Å². The molecule has 1 aromatic carbocycles. The highest BCUT2D eigenvalue weighted by molar-refractivity contribution is 8.00. The Balaban J connectivity index is 1.63. The van der Waals surface area contributed by atoms with E-state index in [4.69, 9.17) is 0 Å². The Morgan fingerprint density at radius 3 is 2.92 bits per heavy atom. The Morgan fingerprint density at radius 1 is 1.27 bits per heavy atom. The number of thioether (sulfide) groups is 1. The summed E-state index contributed by atoms with van der Waals surface area (Å²) in [5.74, 6) is 1.09. The van der Waals surface area contributed by atoms with Crippen molar-refractivity contribution in [2.45, 2.75) is 43.8 Å². The number of carbonyl (C=O) groups excluding carboxylic acids is 1. The number of aromatic nitrogens is 4. The van der Waals surface area contributed by atoms with E-state index in [0.717, 1.165) is 28.4 Å². The quantitative estimate of drug-likeness (QED) is 0.696. The van der Waals surface area contributed by atoms with Gasteiger partial charge in [0.2, 0.25) is 5.91 Å². The lowest BCUT2D eigenvalue weighted by atomic mass is 10.2. The number of aryl methyl sites for hydroxylation is 2. The molecule has 0 radical (unpaired) electrons. The van der Waals surface area contributed by atoms with E-state index >= 15 is 0 Å². The molecule has 4 rings (SSSR count). The van der Waals surface area contributed by atoms with Gasteiger partial charge in [-0.25, -0.2) is 9.50 Å². The van der Waals surface area contributed by atoms with Crippen molar-refractivity contribution >= 4 is 29.1 Å². The largest absolute Gasteiger partial charge is 0.311 e. The molecule has 0 saturated carbocycles. The maximum absolute atomic E-state index is 13.0. The van der Waals surface area contributed by atoms with E-state index in [1.807, 2.05) is 54.8 Å². The van der Waals surface area contributed by atoms with Gasteiger partial charge in [0.25, 0.3) is 5.78 Å². The molecule has 1 aliphatic rings. The smallest absolute Gasteiger partial charge is 0.252 e. The van der Waals surface area contributed by atoms with Gasteiger partial charge in [-0.2, -0.15) is 4.98 Å². The molecule has 1 atom stereocenters. The molecule has 0 saturated heterocycles. The summed E-state index contributed by atoms with van der Waals surface area (Å²) < 4.78 is 1.70. The van der Waals surface area contributed by atoms with Crippen LogP contribution in [0.5, 0.6) is 0 Å². The second-order valence-corrected chi connectivity index (χ2v) is 8.17. The highest BCUT2D eigenvalue weighted by Crippen LogP contribution is 2.37. The normalized spacial score (nSPS) is 17.2. The molecule has 1 amide bonds. The summed E-state index contributed by atoms with van der Waals surface area (Å²) in [6, 6.07) is 10.1. The Morgan fingerprint density at radius 2 is 2.08 bits per heavy atom. The molecule has 7 heteroatoms. The molecule has 6 nitrogen and oxygen atoms in total. The van der Waals surface area contributed by atoms with Crippen LogP contribution >= 0.6 is 11.8 Å². The number of nitrogens with zero attached hydrogens (tertiary/aromatic N) is 5. The summed E-state index contributed by atoms with van der Waals surface area (Å²) >= 11 is 1.83. The van der Waals surface area contributed by atoms with Gasteiger partial charge in [-0.3, -0.25) is 4.79 Å². The molecule has 26 heavy (non-hydrogen) atoms. The molecule has 1 aliphatic heterocycles. The van der Waals surface area contributed by atoms with Crippen LogP contribution in [0.25, 0.3) is 5.78 Å². The van der Waals surface area contributed by atoms with Crippen LogP contribution in [0.4, 0.5) is 5.69 Å². The van der Waals surface area contributed by atoms with Gasteiger partial charge in [-0.15, -0.1) is 16.9 Å². The number of benzene rings is 1. The number of hydrogen-bond donors (Lipinski definition) is 0. The second-order valence-electron chi connectivity index (χ2n) is 6.69. The summed E-state index contributed by atoms with van der Waals surface area (Å²) in [4.78, 5) is 24.9. The molecular weight excluding hydrogens is 346 g/mol. The number of para-hydroxylation sites is 1. The van der Waals surface area contributed by atoms with Crippen LogP contribution in [0.2, 0.25) is 0 Å². The molecule has 0 bridgehead atoms. The average Bonchev–Trinajstić information content (AvgIpc) is 2.90. The summed E-state index contributed by atoms with van der Waals surface area (Å²) in [7, 11) is 0. The van der Waals surface area contributed by atoms with Crippen molar-refractivity contribution in [3.05, 3.63) is 47.5 Å². The van der Waals surface area contributed by atoms with E-state index in [1.165, 1.54) is 0 Å².